The molecular weight excluding hydrogens is 502 g/mol. The molecule has 0 radical (unpaired) electrons. The van der Waals surface area contributed by atoms with Gasteiger partial charge in [0.1, 0.15) is 5.71 Å². The van der Waals surface area contributed by atoms with Crippen molar-refractivity contribution in [3.8, 4) is 0 Å². The van der Waals surface area contributed by atoms with E-state index < -0.39 is 0 Å². The summed E-state index contributed by atoms with van der Waals surface area (Å²) in [5.74, 6) is -0.476. The smallest absolute Gasteiger partial charge is 0.265 e. The van der Waals surface area contributed by atoms with Crippen molar-refractivity contribution in [2.24, 2.45) is 11.0 Å². The van der Waals surface area contributed by atoms with Crippen LogP contribution in [0.4, 0.5) is 5.69 Å². The Bertz CT molecular complexity index is 1020. The fourth-order valence-corrected chi connectivity index (χ4v) is 5.41. The molecule has 176 valence electrons. The molecule has 0 N–H and O–H groups in total. The van der Waals surface area contributed by atoms with E-state index in [1.165, 1.54) is 4.53 Å². The Labute approximate surface area is 214 Å². The highest BCUT2D eigenvalue weighted by atomic mass is 35.5. The lowest BCUT2D eigenvalue weighted by Gasteiger charge is -2.30. The second-order valence-electron chi connectivity index (χ2n) is 8.37. The Kier molecular flexibility index (Phi) is 8.08. The Balaban J connectivity index is 1.74. The minimum absolute atomic E-state index is 0.182. The van der Waals surface area contributed by atoms with Crippen molar-refractivity contribution >= 4 is 63.9 Å². The quantitative estimate of drug-likeness (QED) is 0.381. The molecule has 0 spiro atoms. The predicted octanol–water partition coefficient (Wildman–Crippen LogP) is 7.36. The minimum Gasteiger partial charge on any atom is -0.265 e. The maximum Gasteiger partial charge on any atom is 0.299 e. The normalized spacial score (nSPS) is 21.6. The summed E-state index contributed by atoms with van der Waals surface area (Å²) in [6.07, 6.45) is 5.02. The van der Waals surface area contributed by atoms with Gasteiger partial charge in [0.2, 0.25) is 0 Å². The highest BCUT2D eigenvalue weighted by Crippen LogP contribution is 2.44. The maximum atomic E-state index is 13.6. The number of anilines is 1. The Morgan fingerprint density at radius 1 is 1.00 bits per heavy atom. The third kappa shape index (κ3) is 5.28. The van der Waals surface area contributed by atoms with E-state index in [9.17, 15) is 4.79 Å². The number of carbonyl (C=O) groups excluding carboxylic acids is 1. The minimum atomic E-state index is -0.294. The number of carbonyl (C=O) groups is 1. The average molecular weight is 528 g/mol. The summed E-state index contributed by atoms with van der Waals surface area (Å²) >= 11 is 25.4. The number of halogens is 4. The fraction of sp³-hybridized carbons (Fsp3) is 0.417. The highest BCUT2D eigenvalue weighted by molar-refractivity contribution is 6.46. The van der Waals surface area contributed by atoms with Gasteiger partial charge in [-0.15, -0.1) is 0 Å². The van der Waals surface area contributed by atoms with Crippen molar-refractivity contribution in [2.75, 3.05) is 18.1 Å². The molecule has 1 amide bonds. The number of nitrogens with zero attached hydrogens (tertiary/aromatic N) is 4. The van der Waals surface area contributed by atoms with E-state index in [0.717, 1.165) is 44.3 Å². The van der Waals surface area contributed by atoms with Gasteiger partial charge in [0.25, 0.3) is 5.91 Å². The third-order valence-electron chi connectivity index (χ3n) is 6.24. The van der Waals surface area contributed by atoms with Crippen molar-refractivity contribution in [2.45, 2.75) is 45.1 Å². The van der Waals surface area contributed by atoms with E-state index in [-0.39, 0.29) is 17.9 Å². The first-order valence-corrected chi connectivity index (χ1v) is 12.7. The van der Waals surface area contributed by atoms with Gasteiger partial charge >= 0.3 is 0 Å². The van der Waals surface area contributed by atoms with Gasteiger partial charge < -0.3 is 0 Å². The van der Waals surface area contributed by atoms with Crippen molar-refractivity contribution in [1.82, 2.24) is 9.54 Å². The molecule has 2 aliphatic rings. The average Bonchev–Trinajstić information content (AvgIpc) is 2.97. The van der Waals surface area contributed by atoms with Crippen LogP contribution in [0.3, 0.4) is 0 Å². The maximum absolute atomic E-state index is 13.6. The lowest BCUT2D eigenvalue weighted by molar-refractivity contribution is -0.130. The number of hydrazone groups is 1. The van der Waals surface area contributed by atoms with Crippen LogP contribution in [0, 0.1) is 5.92 Å². The molecule has 9 heteroatoms. The fourth-order valence-electron chi connectivity index (χ4n) is 4.55. The van der Waals surface area contributed by atoms with E-state index in [2.05, 4.69) is 0 Å². The summed E-state index contributed by atoms with van der Waals surface area (Å²) in [4.78, 5) is 13.6. The second kappa shape index (κ2) is 10.8. The van der Waals surface area contributed by atoms with E-state index >= 15 is 0 Å². The zero-order valence-electron chi connectivity index (χ0n) is 18.4. The molecular formula is C24H26Cl4N4O. The SMILES string of the molecule is CC[C@@H]1C(C(=O)N(Cl)N2CCCCCC2)=NN(c2ccc(Cl)cc2Cl)[C@@H]1c1ccc(Cl)cc1. The lowest BCUT2D eigenvalue weighted by atomic mass is 9.87. The summed E-state index contributed by atoms with van der Waals surface area (Å²) in [5.41, 5.74) is 2.08. The van der Waals surface area contributed by atoms with Gasteiger partial charge in [-0.3, -0.25) is 9.80 Å². The van der Waals surface area contributed by atoms with Gasteiger partial charge in [0, 0.05) is 40.8 Å². The second-order valence-corrected chi connectivity index (χ2v) is 9.97. The molecule has 5 nitrogen and oxygen atoms in total. The molecule has 0 aliphatic carbocycles. The topological polar surface area (TPSA) is 39.2 Å². The van der Waals surface area contributed by atoms with Crippen LogP contribution in [-0.2, 0) is 4.79 Å². The van der Waals surface area contributed by atoms with Crippen LogP contribution in [0.1, 0.15) is 50.6 Å². The first-order chi connectivity index (χ1) is 15.9. The Hall–Kier alpha value is -1.50. The van der Waals surface area contributed by atoms with Crippen LogP contribution < -0.4 is 5.01 Å². The predicted molar refractivity (Wildman–Crippen MR) is 137 cm³/mol. The summed E-state index contributed by atoms with van der Waals surface area (Å²) < 4.78 is 1.23. The molecule has 2 atom stereocenters. The molecule has 4 rings (SSSR count). The van der Waals surface area contributed by atoms with Crippen molar-refractivity contribution in [3.05, 3.63) is 63.1 Å². The van der Waals surface area contributed by atoms with Crippen LogP contribution in [0.2, 0.25) is 15.1 Å². The Morgan fingerprint density at radius 3 is 2.24 bits per heavy atom. The summed E-state index contributed by atoms with van der Waals surface area (Å²) in [6.45, 7) is 3.56. The van der Waals surface area contributed by atoms with E-state index in [1.807, 2.05) is 47.3 Å². The van der Waals surface area contributed by atoms with E-state index in [4.69, 9.17) is 51.7 Å². The van der Waals surface area contributed by atoms with Crippen molar-refractivity contribution in [1.29, 1.82) is 0 Å². The number of hydrogen-bond acceptors (Lipinski definition) is 4. The first kappa shape index (κ1) is 24.6. The molecule has 0 aromatic heterocycles. The van der Waals surface area contributed by atoms with E-state index in [1.54, 1.807) is 12.1 Å². The van der Waals surface area contributed by atoms with Crippen LogP contribution in [-0.4, -0.2) is 34.2 Å². The van der Waals surface area contributed by atoms with Gasteiger partial charge in [-0.1, -0.05) is 66.7 Å². The van der Waals surface area contributed by atoms with Crippen LogP contribution in [0.5, 0.6) is 0 Å². The van der Waals surface area contributed by atoms with Crippen LogP contribution in [0.15, 0.2) is 47.6 Å². The molecule has 0 saturated carbocycles. The molecule has 1 fully saturated rings. The highest BCUT2D eigenvalue weighted by Gasteiger charge is 2.43. The summed E-state index contributed by atoms with van der Waals surface area (Å²) in [5, 5.41) is 10.2. The monoisotopic (exact) mass is 526 g/mol. The van der Waals surface area contributed by atoms with Crippen molar-refractivity contribution in [3.63, 3.8) is 0 Å². The number of hydrogen-bond donors (Lipinski definition) is 0. The number of amides is 1. The van der Waals surface area contributed by atoms with Gasteiger partial charge in [-0.2, -0.15) is 9.63 Å². The number of benzene rings is 2. The molecule has 33 heavy (non-hydrogen) atoms. The van der Waals surface area contributed by atoms with Gasteiger partial charge in [-0.05, 0) is 55.2 Å². The molecule has 2 aliphatic heterocycles. The molecule has 2 aromatic rings. The lowest BCUT2D eigenvalue weighted by Crippen LogP contribution is -2.45. The third-order valence-corrected chi connectivity index (χ3v) is 7.39. The first-order valence-electron chi connectivity index (χ1n) is 11.2. The van der Waals surface area contributed by atoms with Crippen LogP contribution in [0.25, 0.3) is 0 Å². The molecule has 1 saturated heterocycles. The number of rotatable bonds is 5. The molecule has 0 bridgehead atoms. The van der Waals surface area contributed by atoms with Crippen LogP contribution >= 0.6 is 46.6 Å². The summed E-state index contributed by atoms with van der Waals surface area (Å²) in [6, 6.07) is 12.6. The summed E-state index contributed by atoms with van der Waals surface area (Å²) in [7, 11) is 0. The standard InChI is InChI=1S/C24H26Cl4N4O/c1-2-19-22(24(33)32(28)30-13-5-3-4-6-14-30)29-31(21-12-11-18(26)15-20(21)27)23(19)16-7-9-17(25)10-8-16/h7-12,15,19,23H,2-6,13-14H2,1H3/t19-,23-/m1/s1. The van der Waals surface area contributed by atoms with Gasteiger partial charge in [-0.25, -0.2) is 5.01 Å². The molecule has 2 aromatic carbocycles. The zero-order chi connectivity index (χ0) is 23.5. The van der Waals surface area contributed by atoms with Crippen molar-refractivity contribution < 1.29 is 4.79 Å². The van der Waals surface area contributed by atoms with Gasteiger partial charge in [0.15, 0.2) is 0 Å². The largest absolute Gasteiger partial charge is 0.299 e. The van der Waals surface area contributed by atoms with Gasteiger partial charge in [0.05, 0.1) is 16.8 Å². The molecule has 2 heterocycles. The Morgan fingerprint density at radius 2 is 1.64 bits per heavy atom. The molecule has 0 unspecified atom stereocenters. The number of hydrazine groups is 1. The van der Waals surface area contributed by atoms with E-state index in [0.29, 0.717) is 32.9 Å². The zero-order valence-corrected chi connectivity index (χ0v) is 21.4.